The zero-order valence-corrected chi connectivity index (χ0v) is 8.49. The van der Waals surface area contributed by atoms with E-state index in [0.29, 0.717) is 5.56 Å². The van der Waals surface area contributed by atoms with E-state index in [9.17, 15) is 9.50 Å². The largest absolute Gasteiger partial charge is 0.384 e. The maximum absolute atomic E-state index is 13.5. The van der Waals surface area contributed by atoms with Gasteiger partial charge in [0.1, 0.15) is 5.82 Å². The molecule has 1 aromatic rings. The molecule has 3 rings (SSSR count). The molecule has 2 saturated carbocycles. The van der Waals surface area contributed by atoms with Gasteiger partial charge in [-0.2, -0.15) is 0 Å². The first-order chi connectivity index (χ1) is 7.24. The number of rotatable bonds is 1. The van der Waals surface area contributed by atoms with Crippen LogP contribution in [0.2, 0.25) is 0 Å². The molecular weight excluding hydrogens is 193 g/mol. The number of aromatic nitrogens is 1. The summed E-state index contributed by atoms with van der Waals surface area (Å²) in [6.07, 6.45) is 7.14. The van der Waals surface area contributed by atoms with Crippen molar-refractivity contribution in [2.45, 2.75) is 31.3 Å². The van der Waals surface area contributed by atoms with E-state index in [1.54, 1.807) is 12.3 Å². The van der Waals surface area contributed by atoms with Crippen LogP contribution in [-0.2, 0) is 5.60 Å². The molecular formula is C12H14FNO. The van der Waals surface area contributed by atoms with Gasteiger partial charge < -0.3 is 5.11 Å². The van der Waals surface area contributed by atoms with Gasteiger partial charge in [0, 0.05) is 11.8 Å². The van der Waals surface area contributed by atoms with Gasteiger partial charge in [0.15, 0.2) is 0 Å². The van der Waals surface area contributed by atoms with Gasteiger partial charge in [-0.1, -0.05) is 12.8 Å². The normalized spacial score (nSPS) is 38.5. The summed E-state index contributed by atoms with van der Waals surface area (Å²) >= 11 is 0. The van der Waals surface area contributed by atoms with Gasteiger partial charge in [0.05, 0.1) is 11.8 Å². The average Bonchev–Trinajstić information content (AvgIpc) is 2.87. The molecule has 3 heteroatoms. The standard InChI is InChI=1S/C12H14FNO/c13-11-7-14-6-5-10(11)12(15)8-3-1-2-4-9(8)12/h5-9,15H,1-4H2. The van der Waals surface area contributed by atoms with Gasteiger partial charge >= 0.3 is 0 Å². The van der Waals surface area contributed by atoms with E-state index < -0.39 is 5.60 Å². The summed E-state index contributed by atoms with van der Waals surface area (Å²) in [5.74, 6) is 0.195. The van der Waals surface area contributed by atoms with E-state index in [2.05, 4.69) is 4.98 Å². The van der Waals surface area contributed by atoms with Gasteiger partial charge in [-0.25, -0.2) is 4.39 Å². The number of hydrogen-bond acceptors (Lipinski definition) is 2. The molecule has 1 heterocycles. The second-order valence-corrected chi connectivity index (χ2v) is 4.68. The smallest absolute Gasteiger partial charge is 0.147 e. The quantitative estimate of drug-likeness (QED) is 0.766. The predicted molar refractivity (Wildman–Crippen MR) is 53.5 cm³/mol. The Morgan fingerprint density at radius 3 is 2.60 bits per heavy atom. The molecule has 0 bridgehead atoms. The van der Waals surface area contributed by atoms with Crippen molar-refractivity contribution >= 4 is 0 Å². The Hall–Kier alpha value is -0.960. The number of fused-ring (bicyclic) bond motifs is 1. The summed E-state index contributed by atoms with van der Waals surface area (Å²) in [5.41, 5.74) is -0.432. The van der Waals surface area contributed by atoms with E-state index in [4.69, 9.17) is 0 Å². The highest BCUT2D eigenvalue weighted by Crippen LogP contribution is 2.64. The summed E-state index contributed by atoms with van der Waals surface area (Å²) in [6, 6.07) is 1.62. The summed E-state index contributed by atoms with van der Waals surface area (Å²) in [4.78, 5) is 3.72. The molecule has 0 aromatic carbocycles. The third kappa shape index (κ3) is 1.16. The maximum atomic E-state index is 13.5. The Kier molecular flexibility index (Phi) is 1.87. The van der Waals surface area contributed by atoms with E-state index >= 15 is 0 Å². The summed E-state index contributed by atoms with van der Waals surface area (Å²) in [5, 5.41) is 10.5. The minimum atomic E-state index is -0.885. The minimum absolute atomic E-state index is 0.281. The Balaban J connectivity index is 1.98. The molecule has 2 nitrogen and oxygen atoms in total. The third-order valence-electron chi connectivity index (χ3n) is 3.99. The first kappa shape index (κ1) is 9.28. The van der Waals surface area contributed by atoms with Crippen molar-refractivity contribution in [2.24, 2.45) is 11.8 Å². The van der Waals surface area contributed by atoms with Crippen molar-refractivity contribution < 1.29 is 9.50 Å². The molecule has 0 amide bonds. The number of nitrogens with zero attached hydrogens (tertiary/aromatic N) is 1. The third-order valence-corrected chi connectivity index (χ3v) is 3.99. The molecule has 1 aromatic heterocycles. The van der Waals surface area contributed by atoms with E-state index in [-0.39, 0.29) is 17.7 Å². The Morgan fingerprint density at radius 2 is 2.00 bits per heavy atom. The van der Waals surface area contributed by atoms with E-state index in [1.807, 2.05) is 0 Å². The molecule has 1 N–H and O–H groups in total. The van der Waals surface area contributed by atoms with Crippen molar-refractivity contribution in [1.82, 2.24) is 4.98 Å². The van der Waals surface area contributed by atoms with Crippen LogP contribution < -0.4 is 0 Å². The second-order valence-electron chi connectivity index (χ2n) is 4.68. The molecule has 2 unspecified atom stereocenters. The molecule has 15 heavy (non-hydrogen) atoms. The Bertz CT molecular complexity index is 381. The fraction of sp³-hybridized carbons (Fsp3) is 0.583. The van der Waals surface area contributed by atoms with Crippen LogP contribution in [0, 0.1) is 17.7 Å². The van der Waals surface area contributed by atoms with Crippen LogP contribution in [0.1, 0.15) is 31.2 Å². The van der Waals surface area contributed by atoms with Gasteiger partial charge in [-0.05, 0) is 30.7 Å². The first-order valence-electron chi connectivity index (χ1n) is 5.57. The predicted octanol–water partition coefficient (Wildman–Crippen LogP) is 2.23. The number of halogens is 1. The highest BCUT2D eigenvalue weighted by Gasteiger charge is 2.65. The van der Waals surface area contributed by atoms with Crippen LogP contribution in [0.25, 0.3) is 0 Å². The summed E-state index contributed by atoms with van der Waals surface area (Å²) in [6.45, 7) is 0. The fourth-order valence-corrected chi connectivity index (χ4v) is 3.19. The van der Waals surface area contributed by atoms with Gasteiger partial charge in [0.25, 0.3) is 0 Å². The zero-order valence-electron chi connectivity index (χ0n) is 8.49. The summed E-state index contributed by atoms with van der Waals surface area (Å²) in [7, 11) is 0. The molecule has 0 saturated heterocycles. The topological polar surface area (TPSA) is 33.1 Å². The van der Waals surface area contributed by atoms with Crippen LogP contribution in [0.15, 0.2) is 18.5 Å². The molecule has 0 radical (unpaired) electrons. The van der Waals surface area contributed by atoms with Crippen molar-refractivity contribution in [1.29, 1.82) is 0 Å². The van der Waals surface area contributed by atoms with Crippen molar-refractivity contribution in [2.75, 3.05) is 0 Å². The minimum Gasteiger partial charge on any atom is -0.384 e. The molecule has 0 aliphatic heterocycles. The second kappa shape index (κ2) is 3.01. The zero-order chi connectivity index (χ0) is 10.5. The Labute approximate surface area is 88.2 Å². The van der Waals surface area contributed by atoms with Gasteiger partial charge in [-0.15, -0.1) is 0 Å². The van der Waals surface area contributed by atoms with Crippen LogP contribution >= 0.6 is 0 Å². The monoisotopic (exact) mass is 207 g/mol. The lowest BCUT2D eigenvalue weighted by atomic mass is 10.0. The molecule has 0 spiro atoms. The molecule has 2 atom stereocenters. The first-order valence-corrected chi connectivity index (χ1v) is 5.57. The number of pyridine rings is 1. The van der Waals surface area contributed by atoms with Crippen molar-refractivity contribution in [3.63, 3.8) is 0 Å². The SMILES string of the molecule is OC1(c2ccncc2F)C2CCCCC21. The van der Waals surface area contributed by atoms with Crippen molar-refractivity contribution in [3.05, 3.63) is 29.8 Å². The van der Waals surface area contributed by atoms with Gasteiger partial charge in [0.2, 0.25) is 0 Å². The van der Waals surface area contributed by atoms with Crippen LogP contribution in [0.5, 0.6) is 0 Å². The molecule has 2 aliphatic carbocycles. The Morgan fingerprint density at radius 1 is 1.33 bits per heavy atom. The highest BCUT2D eigenvalue weighted by molar-refractivity contribution is 5.32. The van der Waals surface area contributed by atoms with Crippen LogP contribution in [0.3, 0.4) is 0 Å². The fourth-order valence-electron chi connectivity index (χ4n) is 3.19. The molecule has 2 aliphatic rings. The molecule has 2 fully saturated rings. The average molecular weight is 207 g/mol. The maximum Gasteiger partial charge on any atom is 0.147 e. The van der Waals surface area contributed by atoms with Gasteiger partial charge in [-0.3, -0.25) is 4.98 Å². The number of aliphatic hydroxyl groups is 1. The van der Waals surface area contributed by atoms with E-state index in [1.165, 1.54) is 6.20 Å². The summed E-state index contributed by atoms with van der Waals surface area (Å²) < 4.78 is 13.5. The van der Waals surface area contributed by atoms with E-state index in [0.717, 1.165) is 25.7 Å². The molecule has 80 valence electrons. The highest BCUT2D eigenvalue weighted by atomic mass is 19.1. The lowest BCUT2D eigenvalue weighted by Crippen LogP contribution is -2.12. The van der Waals surface area contributed by atoms with Crippen LogP contribution in [-0.4, -0.2) is 10.1 Å². The van der Waals surface area contributed by atoms with Crippen LogP contribution in [0.4, 0.5) is 4.39 Å². The lowest BCUT2D eigenvalue weighted by Gasteiger charge is -2.11. The van der Waals surface area contributed by atoms with Crippen molar-refractivity contribution in [3.8, 4) is 0 Å². The number of hydrogen-bond donors (Lipinski definition) is 1. The lowest BCUT2D eigenvalue weighted by molar-refractivity contribution is 0.113.